The first-order valence-corrected chi connectivity index (χ1v) is 8.78. The van der Waals surface area contributed by atoms with Gasteiger partial charge in [0.25, 0.3) is 0 Å². The Hall–Kier alpha value is -1.43. The lowest BCUT2D eigenvalue weighted by molar-refractivity contribution is -0.152. The number of rotatable bonds is 7. The van der Waals surface area contributed by atoms with Crippen molar-refractivity contribution in [2.75, 3.05) is 40.0 Å². The Bertz CT molecular complexity index is 551. The van der Waals surface area contributed by atoms with Crippen LogP contribution in [0.3, 0.4) is 0 Å². The van der Waals surface area contributed by atoms with E-state index in [4.69, 9.17) is 14.2 Å². The van der Waals surface area contributed by atoms with E-state index < -0.39 is 0 Å². The van der Waals surface area contributed by atoms with Crippen molar-refractivity contribution in [3.63, 3.8) is 0 Å². The van der Waals surface area contributed by atoms with Gasteiger partial charge in [0.2, 0.25) is 5.88 Å². The molecule has 3 rings (SSSR count). The first-order valence-electron chi connectivity index (χ1n) is 8.78. The number of aromatic nitrogens is 1. The van der Waals surface area contributed by atoms with Crippen molar-refractivity contribution in [2.24, 2.45) is 5.41 Å². The molecular formula is C19H28N2O3. The third kappa shape index (κ3) is 3.79. The topological polar surface area (TPSA) is 43.8 Å². The monoisotopic (exact) mass is 332 g/mol. The maximum absolute atomic E-state index is 6.09. The summed E-state index contributed by atoms with van der Waals surface area (Å²) in [6.45, 7) is 8.85. The molecular weight excluding hydrogens is 304 g/mol. The van der Waals surface area contributed by atoms with Crippen molar-refractivity contribution >= 4 is 0 Å². The zero-order chi connectivity index (χ0) is 16.8. The molecule has 2 aliphatic heterocycles. The molecule has 2 atom stereocenters. The second-order valence-electron chi connectivity index (χ2n) is 6.80. The number of ether oxygens (including phenoxy) is 3. The van der Waals surface area contributed by atoms with E-state index in [0.29, 0.717) is 12.7 Å². The Morgan fingerprint density at radius 2 is 2.46 bits per heavy atom. The average molecular weight is 332 g/mol. The molecule has 24 heavy (non-hydrogen) atoms. The molecule has 0 spiro atoms. The molecule has 0 radical (unpaired) electrons. The normalized spacial score (nSPS) is 27.5. The SMILES string of the molecule is C=CCOC[C@]12CCCO[C@@H]1CCN(Cc1cccnc1OC)C2. The van der Waals surface area contributed by atoms with Gasteiger partial charge in [0.15, 0.2) is 0 Å². The molecule has 0 saturated carbocycles. The summed E-state index contributed by atoms with van der Waals surface area (Å²) in [6.07, 6.45) is 7.22. The van der Waals surface area contributed by atoms with E-state index in [2.05, 4.69) is 22.5 Å². The summed E-state index contributed by atoms with van der Waals surface area (Å²) in [5.41, 5.74) is 1.23. The molecule has 132 valence electrons. The van der Waals surface area contributed by atoms with Crippen LogP contribution in [0.4, 0.5) is 0 Å². The summed E-state index contributed by atoms with van der Waals surface area (Å²) in [5.74, 6) is 0.719. The molecule has 5 heteroatoms. The molecule has 0 aromatic carbocycles. The summed E-state index contributed by atoms with van der Waals surface area (Å²) < 4.78 is 17.4. The van der Waals surface area contributed by atoms with Gasteiger partial charge in [0, 0.05) is 43.4 Å². The summed E-state index contributed by atoms with van der Waals surface area (Å²) in [4.78, 5) is 6.80. The average Bonchev–Trinajstić information content (AvgIpc) is 2.62. The highest BCUT2D eigenvalue weighted by atomic mass is 16.5. The standard InChI is InChI=1S/C19H28N2O3/c1-3-11-23-15-19-8-5-12-24-17(19)7-10-21(14-19)13-16-6-4-9-20-18(16)22-2/h3-4,6,9,17H,1,5,7-8,10-15H2,2H3/t17-,19-/m1/s1. The third-order valence-electron chi connectivity index (χ3n) is 5.13. The van der Waals surface area contributed by atoms with Crippen LogP contribution in [0.25, 0.3) is 0 Å². The first kappa shape index (κ1) is 17.4. The van der Waals surface area contributed by atoms with E-state index in [9.17, 15) is 0 Å². The van der Waals surface area contributed by atoms with Gasteiger partial charge < -0.3 is 14.2 Å². The van der Waals surface area contributed by atoms with E-state index in [-0.39, 0.29) is 5.41 Å². The molecule has 1 aromatic heterocycles. The molecule has 0 unspecified atom stereocenters. The Morgan fingerprint density at radius 3 is 3.29 bits per heavy atom. The second-order valence-corrected chi connectivity index (χ2v) is 6.80. The Kier molecular flexibility index (Phi) is 5.87. The molecule has 0 N–H and O–H groups in total. The minimum absolute atomic E-state index is 0.0922. The van der Waals surface area contributed by atoms with Gasteiger partial charge in [-0.1, -0.05) is 12.1 Å². The molecule has 0 amide bonds. The lowest BCUT2D eigenvalue weighted by Gasteiger charge is -2.50. The lowest BCUT2D eigenvalue weighted by atomic mass is 9.73. The summed E-state index contributed by atoms with van der Waals surface area (Å²) >= 11 is 0. The highest BCUT2D eigenvalue weighted by Gasteiger charge is 2.46. The van der Waals surface area contributed by atoms with Gasteiger partial charge in [-0.25, -0.2) is 4.98 Å². The van der Waals surface area contributed by atoms with Crippen molar-refractivity contribution in [3.8, 4) is 5.88 Å². The number of hydrogen-bond acceptors (Lipinski definition) is 5. The highest BCUT2D eigenvalue weighted by molar-refractivity contribution is 5.25. The Morgan fingerprint density at radius 1 is 1.54 bits per heavy atom. The second kappa shape index (κ2) is 8.10. The van der Waals surface area contributed by atoms with Crippen LogP contribution in [-0.2, 0) is 16.0 Å². The van der Waals surface area contributed by atoms with Crippen molar-refractivity contribution in [2.45, 2.75) is 31.9 Å². The van der Waals surface area contributed by atoms with Gasteiger partial charge in [0.1, 0.15) is 0 Å². The maximum Gasteiger partial charge on any atom is 0.217 e. The molecule has 2 aliphatic rings. The summed E-state index contributed by atoms with van der Waals surface area (Å²) in [7, 11) is 1.68. The molecule has 3 heterocycles. The van der Waals surface area contributed by atoms with E-state index in [1.807, 2.05) is 12.1 Å². The van der Waals surface area contributed by atoms with E-state index in [0.717, 1.165) is 63.6 Å². The largest absolute Gasteiger partial charge is 0.481 e. The van der Waals surface area contributed by atoms with Crippen molar-refractivity contribution < 1.29 is 14.2 Å². The minimum Gasteiger partial charge on any atom is -0.481 e. The van der Waals surface area contributed by atoms with Crippen LogP contribution in [0, 0.1) is 5.41 Å². The number of methoxy groups -OCH3 is 1. The molecule has 1 aromatic rings. The third-order valence-corrected chi connectivity index (χ3v) is 5.13. The zero-order valence-electron chi connectivity index (χ0n) is 14.6. The summed E-state index contributed by atoms with van der Waals surface area (Å²) in [5, 5.41) is 0. The number of piperidine rings is 1. The molecule has 5 nitrogen and oxygen atoms in total. The van der Waals surface area contributed by atoms with Crippen LogP contribution in [0.1, 0.15) is 24.8 Å². The predicted molar refractivity (Wildman–Crippen MR) is 93.1 cm³/mol. The van der Waals surface area contributed by atoms with E-state index >= 15 is 0 Å². The first-order chi connectivity index (χ1) is 11.8. The van der Waals surface area contributed by atoms with E-state index in [1.165, 1.54) is 0 Å². The smallest absolute Gasteiger partial charge is 0.217 e. The van der Waals surface area contributed by atoms with E-state index in [1.54, 1.807) is 13.3 Å². The minimum atomic E-state index is 0.0922. The number of fused-ring (bicyclic) bond motifs is 1. The number of hydrogen-bond donors (Lipinski definition) is 0. The van der Waals surface area contributed by atoms with Crippen LogP contribution in [0.5, 0.6) is 5.88 Å². The maximum atomic E-state index is 6.09. The molecule has 0 aliphatic carbocycles. The summed E-state index contributed by atoms with van der Waals surface area (Å²) in [6, 6.07) is 4.06. The van der Waals surface area contributed by atoms with Crippen molar-refractivity contribution in [1.29, 1.82) is 0 Å². The van der Waals surface area contributed by atoms with Crippen LogP contribution in [0.2, 0.25) is 0 Å². The van der Waals surface area contributed by atoms with Gasteiger partial charge in [-0.05, 0) is 25.3 Å². The fourth-order valence-corrected chi connectivity index (χ4v) is 4.04. The van der Waals surface area contributed by atoms with Gasteiger partial charge in [-0.2, -0.15) is 0 Å². The predicted octanol–water partition coefficient (Wildman–Crippen LogP) is 2.66. The Labute approximate surface area is 144 Å². The van der Waals surface area contributed by atoms with Crippen LogP contribution in [0.15, 0.2) is 31.0 Å². The zero-order valence-corrected chi connectivity index (χ0v) is 14.6. The quantitative estimate of drug-likeness (QED) is 0.567. The van der Waals surface area contributed by atoms with Gasteiger partial charge in [0.05, 0.1) is 26.4 Å². The van der Waals surface area contributed by atoms with Gasteiger partial charge in [-0.3, -0.25) is 4.90 Å². The molecule has 2 saturated heterocycles. The fourth-order valence-electron chi connectivity index (χ4n) is 4.04. The fraction of sp³-hybridized carbons (Fsp3) is 0.632. The molecule has 2 fully saturated rings. The van der Waals surface area contributed by atoms with Crippen LogP contribution in [-0.4, -0.2) is 56.0 Å². The number of nitrogens with zero attached hydrogens (tertiary/aromatic N) is 2. The highest BCUT2D eigenvalue weighted by Crippen LogP contribution is 2.41. The molecule has 0 bridgehead atoms. The van der Waals surface area contributed by atoms with Gasteiger partial charge >= 0.3 is 0 Å². The number of likely N-dealkylation sites (tertiary alicyclic amines) is 1. The lowest BCUT2D eigenvalue weighted by Crippen LogP contribution is -2.56. The van der Waals surface area contributed by atoms with Gasteiger partial charge in [-0.15, -0.1) is 6.58 Å². The Balaban J connectivity index is 1.71. The van der Waals surface area contributed by atoms with Crippen LogP contribution >= 0.6 is 0 Å². The number of pyridine rings is 1. The van der Waals surface area contributed by atoms with Crippen molar-refractivity contribution in [1.82, 2.24) is 9.88 Å². The van der Waals surface area contributed by atoms with Crippen LogP contribution < -0.4 is 4.74 Å². The van der Waals surface area contributed by atoms with Crippen molar-refractivity contribution in [3.05, 3.63) is 36.5 Å².